The number of hydrogen-bond donors (Lipinski definition) is 4. The van der Waals surface area contributed by atoms with Gasteiger partial charge in [0.15, 0.2) is 0 Å². The van der Waals surface area contributed by atoms with Crippen LogP contribution in [0.2, 0.25) is 0 Å². The van der Waals surface area contributed by atoms with Gasteiger partial charge in [-0.2, -0.15) is 0 Å². The molecule has 1 fully saturated rings. The normalized spacial score (nSPS) is 25.6. The van der Waals surface area contributed by atoms with Crippen molar-refractivity contribution in [3.05, 3.63) is 0 Å². The molecule has 8 nitrogen and oxygen atoms in total. The molecule has 5 N–H and O–H groups in total. The van der Waals surface area contributed by atoms with Gasteiger partial charge in [0.1, 0.15) is 24.3 Å². The highest BCUT2D eigenvalue weighted by Gasteiger charge is 2.26. The summed E-state index contributed by atoms with van der Waals surface area (Å²) in [5, 5.41) is 31.5. The Morgan fingerprint density at radius 2 is 1.80 bits per heavy atom. The van der Waals surface area contributed by atoms with Crippen molar-refractivity contribution in [3.63, 3.8) is 0 Å². The van der Waals surface area contributed by atoms with Crippen LogP contribution >= 0.6 is 0 Å². The molecule has 0 aromatic heterocycles. The van der Waals surface area contributed by atoms with Crippen LogP contribution in [0, 0.1) is 17.8 Å². The molecule has 0 bridgehead atoms. The molecule has 0 radical (unpaired) electrons. The third-order valence-electron chi connectivity index (χ3n) is 5.90. The van der Waals surface area contributed by atoms with Crippen LogP contribution in [-0.4, -0.2) is 71.2 Å². The number of aliphatic hydroxyl groups excluding tert-OH is 2. The molecule has 0 heterocycles. The van der Waals surface area contributed by atoms with Gasteiger partial charge in [-0.05, 0) is 64.2 Å². The van der Waals surface area contributed by atoms with E-state index in [1.165, 1.54) is 19.3 Å². The predicted octanol–water partition coefficient (Wildman–Crippen LogP) is 2.63. The van der Waals surface area contributed by atoms with E-state index in [0.29, 0.717) is 35.8 Å². The van der Waals surface area contributed by atoms with E-state index in [1.54, 1.807) is 14.0 Å². The minimum Gasteiger partial charge on any atom is -0.411 e. The zero-order valence-corrected chi connectivity index (χ0v) is 19.3. The second-order valence-corrected chi connectivity index (χ2v) is 8.82. The summed E-state index contributed by atoms with van der Waals surface area (Å²) in [6, 6.07) is 0. The maximum atomic E-state index is 9.82. The van der Waals surface area contributed by atoms with Crippen LogP contribution in [-0.2, 0) is 4.74 Å². The number of rotatable bonds is 12. The van der Waals surface area contributed by atoms with Crippen molar-refractivity contribution in [3.8, 4) is 0 Å². The Kier molecular flexibility index (Phi) is 12.1. The highest BCUT2D eigenvalue weighted by Crippen LogP contribution is 2.34. The van der Waals surface area contributed by atoms with E-state index < -0.39 is 12.2 Å². The molecule has 1 rings (SSSR count). The van der Waals surface area contributed by atoms with Crippen molar-refractivity contribution in [1.82, 2.24) is 0 Å². The summed E-state index contributed by atoms with van der Waals surface area (Å²) in [4.78, 5) is 8.31. The number of aliphatic hydroxyl groups is 2. The Bertz CT molecular complexity index is 592. The number of oxime groups is 1. The summed E-state index contributed by atoms with van der Waals surface area (Å²) in [7, 11) is 1.56. The van der Waals surface area contributed by atoms with Crippen molar-refractivity contribution in [2.24, 2.45) is 38.6 Å². The van der Waals surface area contributed by atoms with Gasteiger partial charge >= 0.3 is 0 Å². The van der Waals surface area contributed by atoms with Crippen LogP contribution in [0.15, 0.2) is 15.1 Å². The summed E-state index contributed by atoms with van der Waals surface area (Å²) in [5.74, 6) is 2.05. The highest BCUT2D eigenvalue weighted by molar-refractivity contribution is 6.45. The topological polar surface area (TPSA) is 133 Å². The van der Waals surface area contributed by atoms with Gasteiger partial charge < -0.3 is 25.9 Å². The van der Waals surface area contributed by atoms with E-state index in [-0.39, 0.29) is 18.4 Å². The smallest absolute Gasteiger partial charge is 0.132 e. The van der Waals surface area contributed by atoms with E-state index in [1.807, 2.05) is 13.8 Å². The lowest BCUT2D eigenvalue weighted by Gasteiger charge is -2.31. The second kappa shape index (κ2) is 13.7. The zero-order valence-electron chi connectivity index (χ0n) is 19.3. The molecule has 0 aromatic rings. The van der Waals surface area contributed by atoms with Crippen molar-refractivity contribution < 1.29 is 20.2 Å². The molecule has 6 unspecified atom stereocenters. The fraction of sp³-hybridized carbons (Fsp3) is 0.864. The first-order valence-corrected chi connectivity index (χ1v) is 11.1. The average Bonchev–Trinajstić information content (AvgIpc) is 2.69. The lowest BCUT2D eigenvalue weighted by molar-refractivity contribution is 0.0267. The van der Waals surface area contributed by atoms with Gasteiger partial charge in [-0.25, -0.2) is 0 Å². The molecule has 0 aliphatic heterocycles. The summed E-state index contributed by atoms with van der Waals surface area (Å²) in [5.41, 5.74) is 6.22. The minimum atomic E-state index is -0.822. The van der Waals surface area contributed by atoms with Crippen LogP contribution in [0.3, 0.4) is 0 Å². The first-order chi connectivity index (χ1) is 14.2. The summed E-state index contributed by atoms with van der Waals surface area (Å²) < 4.78 is 6.06. The summed E-state index contributed by atoms with van der Waals surface area (Å²) in [6.07, 6.45) is 5.57. The molecule has 0 amide bonds. The monoisotopic (exact) mass is 426 g/mol. The van der Waals surface area contributed by atoms with E-state index in [9.17, 15) is 10.3 Å². The SMILES string of the molecule is CN=C(C(=NO)C(C)OC(C)CC(C)CC1CCCC(CN=C(N)CO)C1)C(C)O. The van der Waals surface area contributed by atoms with Crippen LogP contribution in [0.4, 0.5) is 0 Å². The molecule has 30 heavy (non-hydrogen) atoms. The Morgan fingerprint density at radius 3 is 2.37 bits per heavy atom. The van der Waals surface area contributed by atoms with Crippen molar-refractivity contribution in [1.29, 1.82) is 0 Å². The van der Waals surface area contributed by atoms with Gasteiger partial charge in [0, 0.05) is 13.6 Å². The number of amidine groups is 1. The fourth-order valence-corrected chi connectivity index (χ4v) is 4.64. The standard InChI is InChI=1S/C22H42N4O4/c1-14(10-18-7-6-8-19(11-18)12-25-20(23)13-27)9-15(2)30-17(4)22(26-29)21(24-5)16(3)28/h14-19,27-29H,6-13H2,1-5H3,(H2,23,25). The molecular formula is C22H42N4O4. The number of hydrogen-bond acceptors (Lipinski definition) is 7. The maximum Gasteiger partial charge on any atom is 0.132 e. The highest BCUT2D eigenvalue weighted by atomic mass is 16.5. The van der Waals surface area contributed by atoms with Crippen LogP contribution < -0.4 is 5.73 Å². The van der Waals surface area contributed by atoms with Crippen molar-refractivity contribution >= 4 is 17.3 Å². The molecule has 1 saturated carbocycles. The largest absolute Gasteiger partial charge is 0.411 e. The Hall–Kier alpha value is -1.51. The molecule has 0 saturated heterocycles. The van der Waals surface area contributed by atoms with Crippen LogP contribution in [0.5, 0.6) is 0 Å². The van der Waals surface area contributed by atoms with Gasteiger partial charge in [-0.3, -0.25) is 9.98 Å². The van der Waals surface area contributed by atoms with Gasteiger partial charge in [0.25, 0.3) is 0 Å². The van der Waals surface area contributed by atoms with E-state index in [4.69, 9.17) is 15.6 Å². The third kappa shape index (κ3) is 9.10. The first-order valence-electron chi connectivity index (χ1n) is 11.1. The maximum absolute atomic E-state index is 9.82. The quantitative estimate of drug-likeness (QED) is 0.165. The number of nitrogens with zero attached hydrogens (tertiary/aromatic N) is 3. The predicted molar refractivity (Wildman–Crippen MR) is 122 cm³/mol. The molecule has 174 valence electrons. The van der Waals surface area contributed by atoms with E-state index in [0.717, 1.165) is 19.3 Å². The number of ether oxygens (including phenoxy) is 1. The van der Waals surface area contributed by atoms with Crippen molar-refractivity contribution in [2.75, 3.05) is 20.2 Å². The molecule has 0 aromatic carbocycles. The number of aliphatic imine (C=N–C) groups is 2. The average molecular weight is 427 g/mol. The Morgan fingerprint density at radius 1 is 1.13 bits per heavy atom. The van der Waals surface area contributed by atoms with Gasteiger partial charge in [0.2, 0.25) is 0 Å². The molecule has 0 spiro atoms. The Balaban J connectivity index is 2.51. The third-order valence-corrected chi connectivity index (χ3v) is 5.90. The fourth-order valence-electron chi connectivity index (χ4n) is 4.64. The molecule has 1 aliphatic rings. The minimum absolute atomic E-state index is 0.00723. The number of nitrogens with two attached hydrogens (primary N) is 1. The van der Waals surface area contributed by atoms with Crippen LogP contribution in [0.25, 0.3) is 0 Å². The van der Waals surface area contributed by atoms with Gasteiger partial charge in [0.05, 0.1) is 17.9 Å². The summed E-state index contributed by atoms with van der Waals surface area (Å²) >= 11 is 0. The van der Waals surface area contributed by atoms with Crippen molar-refractivity contribution in [2.45, 2.75) is 84.5 Å². The molecule has 1 aliphatic carbocycles. The Labute approximate surface area is 181 Å². The molecule has 8 heteroatoms. The van der Waals surface area contributed by atoms with E-state index >= 15 is 0 Å². The second-order valence-electron chi connectivity index (χ2n) is 8.82. The molecule has 6 atom stereocenters. The summed E-state index contributed by atoms with van der Waals surface area (Å²) in [6.45, 7) is 8.23. The van der Waals surface area contributed by atoms with Gasteiger partial charge in [-0.1, -0.05) is 24.9 Å². The first kappa shape index (κ1) is 26.5. The molecular weight excluding hydrogens is 384 g/mol. The van der Waals surface area contributed by atoms with Crippen LogP contribution in [0.1, 0.15) is 66.2 Å². The van der Waals surface area contributed by atoms with E-state index in [2.05, 4.69) is 22.1 Å². The van der Waals surface area contributed by atoms with Gasteiger partial charge in [-0.15, -0.1) is 0 Å². The zero-order chi connectivity index (χ0) is 22.7. The lowest BCUT2D eigenvalue weighted by atomic mass is 9.77. The lowest BCUT2D eigenvalue weighted by Crippen LogP contribution is -2.37.